The van der Waals surface area contributed by atoms with Gasteiger partial charge < -0.3 is 5.73 Å². The van der Waals surface area contributed by atoms with E-state index in [9.17, 15) is 4.39 Å². The van der Waals surface area contributed by atoms with Gasteiger partial charge in [-0.25, -0.2) is 4.39 Å². The van der Waals surface area contributed by atoms with Crippen LogP contribution in [-0.4, -0.2) is 5.54 Å². The summed E-state index contributed by atoms with van der Waals surface area (Å²) in [7, 11) is 0. The molecule has 1 aromatic rings. The summed E-state index contributed by atoms with van der Waals surface area (Å²) in [6, 6.07) is 5.06. The highest BCUT2D eigenvalue weighted by Crippen LogP contribution is 2.39. The highest BCUT2D eigenvalue weighted by Gasteiger charge is 2.32. The largest absolute Gasteiger partial charge is 0.325 e. The molecule has 0 bridgehead atoms. The van der Waals surface area contributed by atoms with E-state index in [1.54, 1.807) is 6.07 Å². The number of hydrogen-bond donors (Lipinski definition) is 1. The van der Waals surface area contributed by atoms with Crippen molar-refractivity contribution in [1.82, 2.24) is 0 Å². The van der Waals surface area contributed by atoms with E-state index in [0.29, 0.717) is 5.92 Å². The molecule has 0 aliphatic heterocycles. The summed E-state index contributed by atoms with van der Waals surface area (Å²) in [4.78, 5) is 0. The van der Waals surface area contributed by atoms with Gasteiger partial charge in [0.2, 0.25) is 0 Å². The Balaban J connectivity index is 2.41. The zero-order chi connectivity index (χ0) is 10.3. The Kier molecular flexibility index (Phi) is 2.11. The molecule has 1 nitrogen and oxygen atoms in total. The molecule has 0 spiro atoms. The minimum absolute atomic E-state index is 0.140. The summed E-state index contributed by atoms with van der Waals surface area (Å²) in [6.07, 6.45) is 2.00. The molecule has 0 heterocycles. The van der Waals surface area contributed by atoms with E-state index in [2.05, 4.69) is 0 Å². The fourth-order valence-corrected chi connectivity index (χ4v) is 2.36. The molecule has 0 radical (unpaired) electrons. The van der Waals surface area contributed by atoms with Crippen LogP contribution in [0, 0.1) is 5.82 Å². The third-order valence-corrected chi connectivity index (χ3v) is 3.08. The van der Waals surface area contributed by atoms with E-state index < -0.39 is 0 Å². The Bertz CT molecular complexity index is 352. The van der Waals surface area contributed by atoms with Gasteiger partial charge >= 0.3 is 0 Å². The van der Waals surface area contributed by atoms with Crippen LogP contribution in [0.15, 0.2) is 18.2 Å². The number of benzene rings is 1. The molecule has 14 heavy (non-hydrogen) atoms. The lowest BCUT2D eigenvalue weighted by atomic mass is 9.84. The van der Waals surface area contributed by atoms with E-state index in [1.165, 1.54) is 11.6 Å². The molecular weight excluding hydrogens is 177 g/mol. The number of halogens is 1. The molecule has 0 saturated carbocycles. The van der Waals surface area contributed by atoms with Gasteiger partial charge in [-0.3, -0.25) is 0 Å². The minimum atomic E-state index is -0.205. The molecule has 2 N–H and O–H groups in total. The maximum absolute atomic E-state index is 13.0. The third kappa shape index (κ3) is 1.55. The van der Waals surface area contributed by atoms with Crippen molar-refractivity contribution in [3.63, 3.8) is 0 Å². The van der Waals surface area contributed by atoms with Crippen molar-refractivity contribution in [2.45, 2.75) is 38.1 Å². The van der Waals surface area contributed by atoms with Crippen LogP contribution < -0.4 is 5.73 Å². The first-order valence-corrected chi connectivity index (χ1v) is 5.05. The van der Waals surface area contributed by atoms with Crippen molar-refractivity contribution < 1.29 is 4.39 Å². The first-order chi connectivity index (χ1) is 6.48. The zero-order valence-electron chi connectivity index (χ0n) is 8.68. The number of fused-ring (bicyclic) bond motifs is 1. The van der Waals surface area contributed by atoms with E-state index in [0.717, 1.165) is 18.4 Å². The SMILES string of the molecule is CC(C)(N)C1CCc2cc(F)ccc21. The summed E-state index contributed by atoms with van der Waals surface area (Å²) in [5, 5.41) is 0. The highest BCUT2D eigenvalue weighted by molar-refractivity contribution is 5.37. The van der Waals surface area contributed by atoms with Crippen LogP contribution in [0.25, 0.3) is 0 Å². The zero-order valence-corrected chi connectivity index (χ0v) is 8.68. The maximum atomic E-state index is 13.0. The lowest BCUT2D eigenvalue weighted by Crippen LogP contribution is -2.38. The third-order valence-electron chi connectivity index (χ3n) is 3.08. The molecule has 0 amide bonds. The van der Waals surface area contributed by atoms with Crippen molar-refractivity contribution in [2.24, 2.45) is 5.73 Å². The molecule has 2 heteroatoms. The van der Waals surface area contributed by atoms with Crippen molar-refractivity contribution in [2.75, 3.05) is 0 Å². The molecule has 0 aromatic heterocycles. The van der Waals surface area contributed by atoms with Gasteiger partial charge in [-0.1, -0.05) is 6.07 Å². The Morgan fingerprint density at radius 3 is 2.79 bits per heavy atom. The maximum Gasteiger partial charge on any atom is 0.123 e. The van der Waals surface area contributed by atoms with Crippen LogP contribution in [0.2, 0.25) is 0 Å². The second-order valence-electron chi connectivity index (χ2n) is 4.76. The predicted octanol–water partition coefficient (Wildman–Crippen LogP) is 2.59. The number of rotatable bonds is 1. The molecule has 2 rings (SSSR count). The number of nitrogens with two attached hydrogens (primary N) is 1. The highest BCUT2D eigenvalue weighted by atomic mass is 19.1. The number of aryl methyl sites for hydroxylation is 1. The van der Waals surface area contributed by atoms with E-state index in [1.807, 2.05) is 19.9 Å². The first kappa shape index (κ1) is 9.66. The van der Waals surface area contributed by atoms with Gasteiger partial charge in [0, 0.05) is 11.5 Å². The fraction of sp³-hybridized carbons (Fsp3) is 0.500. The fourth-order valence-electron chi connectivity index (χ4n) is 2.36. The summed E-state index contributed by atoms with van der Waals surface area (Å²) >= 11 is 0. The van der Waals surface area contributed by atoms with Crippen molar-refractivity contribution >= 4 is 0 Å². The molecule has 76 valence electrons. The molecule has 1 aliphatic rings. The van der Waals surface area contributed by atoms with Crippen LogP contribution in [0.3, 0.4) is 0 Å². The molecule has 1 unspecified atom stereocenters. The molecule has 1 aliphatic carbocycles. The van der Waals surface area contributed by atoms with Crippen LogP contribution >= 0.6 is 0 Å². The average molecular weight is 193 g/mol. The van der Waals surface area contributed by atoms with Crippen LogP contribution in [-0.2, 0) is 6.42 Å². The van der Waals surface area contributed by atoms with Crippen molar-refractivity contribution in [3.05, 3.63) is 35.1 Å². The standard InChI is InChI=1S/C12H16FN/c1-12(2,14)11-6-3-8-7-9(13)4-5-10(8)11/h4-5,7,11H,3,6,14H2,1-2H3. The quantitative estimate of drug-likeness (QED) is 0.729. The van der Waals surface area contributed by atoms with Gasteiger partial charge in [0.05, 0.1) is 0 Å². The molecular formula is C12H16FN. The average Bonchev–Trinajstić information content (AvgIpc) is 2.45. The van der Waals surface area contributed by atoms with Gasteiger partial charge in [0.15, 0.2) is 0 Å². The molecule has 1 aromatic carbocycles. The van der Waals surface area contributed by atoms with Crippen LogP contribution in [0.1, 0.15) is 37.3 Å². The Morgan fingerprint density at radius 2 is 2.14 bits per heavy atom. The molecule has 1 atom stereocenters. The molecule has 0 fully saturated rings. The monoisotopic (exact) mass is 193 g/mol. The first-order valence-electron chi connectivity index (χ1n) is 5.05. The lowest BCUT2D eigenvalue weighted by molar-refractivity contribution is 0.409. The summed E-state index contributed by atoms with van der Waals surface area (Å²) in [5.74, 6) is 0.234. The second kappa shape index (κ2) is 3.06. The number of hydrogen-bond acceptors (Lipinski definition) is 1. The Labute approximate surface area is 84.1 Å². The van der Waals surface area contributed by atoms with E-state index in [4.69, 9.17) is 5.73 Å². The van der Waals surface area contributed by atoms with Crippen LogP contribution in [0.5, 0.6) is 0 Å². The van der Waals surface area contributed by atoms with Gasteiger partial charge in [-0.15, -0.1) is 0 Å². The summed E-state index contributed by atoms with van der Waals surface area (Å²) in [5.41, 5.74) is 8.26. The lowest BCUT2D eigenvalue weighted by Gasteiger charge is -2.27. The topological polar surface area (TPSA) is 26.0 Å². The van der Waals surface area contributed by atoms with Gasteiger partial charge in [-0.05, 0) is 49.9 Å². The molecule has 0 saturated heterocycles. The smallest absolute Gasteiger partial charge is 0.123 e. The van der Waals surface area contributed by atoms with Crippen molar-refractivity contribution in [1.29, 1.82) is 0 Å². The Hall–Kier alpha value is -0.890. The van der Waals surface area contributed by atoms with Gasteiger partial charge in [0.25, 0.3) is 0 Å². The van der Waals surface area contributed by atoms with Crippen LogP contribution in [0.4, 0.5) is 4.39 Å². The summed E-state index contributed by atoms with van der Waals surface area (Å²) in [6.45, 7) is 4.08. The van der Waals surface area contributed by atoms with Gasteiger partial charge in [-0.2, -0.15) is 0 Å². The van der Waals surface area contributed by atoms with Gasteiger partial charge in [0.1, 0.15) is 5.82 Å². The van der Waals surface area contributed by atoms with E-state index >= 15 is 0 Å². The Morgan fingerprint density at radius 1 is 1.43 bits per heavy atom. The predicted molar refractivity (Wildman–Crippen MR) is 55.7 cm³/mol. The van der Waals surface area contributed by atoms with Crippen molar-refractivity contribution in [3.8, 4) is 0 Å². The van der Waals surface area contributed by atoms with E-state index in [-0.39, 0.29) is 11.4 Å². The second-order valence-corrected chi connectivity index (χ2v) is 4.76. The summed E-state index contributed by atoms with van der Waals surface area (Å²) < 4.78 is 13.0. The minimum Gasteiger partial charge on any atom is -0.325 e. The normalized spacial score (nSPS) is 21.0.